The van der Waals surface area contributed by atoms with Crippen LogP contribution in [0.5, 0.6) is 0 Å². The van der Waals surface area contributed by atoms with E-state index in [-0.39, 0.29) is 11.9 Å². The van der Waals surface area contributed by atoms with Crippen LogP contribution in [0.1, 0.15) is 23.2 Å². The maximum Gasteiger partial charge on any atom is 0.176 e. The third kappa shape index (κ3) is 2.76. The molecule has 0 radical (unpaired) electrons. The Hall–Kier alpha value is -0.710. The molecule has 1 N–H and O–H groups in total. The molecule has 1 aliphatic heterocycles. The quantitative estimate of drug-likeness (QED) is 0.868. The van der Waals surface area contributed by atoms with E-state index in [1.165, 1.54) is 0 Å². The highest BCUT2D eigenvalue weighted by atomic mass is 79.9. The van der Waals surface area contributed by atoms with Crippen LogP contribution >= 0.6 is 15.9 Å². The third-order valence-corrected chi connectivity index (χ3v) is 4.90. The molecule has 1 aromatic rings. The molecule has 1 aliphatic carbocycles. The number of aliphatic hydroxyl groups is 1. The number of nitrogens with zero attached hydrogens (tertiary/aromatic N) is 1. The molecule has 2 fully saturated rings. The zero-order valence-electron chi connectivity index (χ0n) is 10.8. The molecule has 3 nitrogen and oxygen atoms in total. The molecule has 102 valence electrons. The van der Waals surface area contributed by atoms with Gasteiger partial charge in [-0.15, -0.1) is 0 Å². The smallest absolute Gasteiger partial charge is 0.176 e. The van der Waals surface area contributed by atoms with Gasteiger partial charge in [-0.25, -0.2) is 0 Å². The molecule has 0 amide bonds. The van der Waals surface area contributed by atoms with Crippen molar-refractivity contribution in [3.05, 3.63) is 34.3 Å². The Morgan fingerprint density at radius 3 is 2.95 bits per heavy atom. The number of rotatable bonds is 3. The van der Waals surface area contributed by atoms with E-state index in [0.717, 1.165) is 36.0 Å². The summed E-state index contributed by atoms with van der Waals surface area (Å²) < 4.78 is 0.937. The van der Waals surface area contributed by atoms with Gasteiger partial charge in [0.1, 0.15) is 0 Å². The second-order valence-electron chi connectivity index (χ2n) is 5.70. The van der Waals surface area contributed by atoms with E-state index in [4.69, 9.17) is 0 Å². The van der Waals surface area contributed by atoms with Gasteiger partial charge in [0.05, 0.1) is 12.6 Å². The minimum atomic E-state index is -0.157. The van der Waals surface area contributed by atoms with Gasteiger partial charge >= 0.3 is 0 Å². The number of halogens is 1. The van der Waals surface area contributed by atoms with E-state index in [9.17, 15) is 9.90 Å². The number of benzene rings is 1. The van der Waals surface area contributed by atoms with Crippen molar-refractivity contribution in [1.82, 2.24) is 4.90 Å². The number of carbonyl (C=O) groups excluding carboxylic acids is 1. The van der Waals surface area contributed by atoms with Crippen LogP contribution in [0.15, 0.2) is 28.7 Å². The Bertz CT molecular complexity index is 491. The Labute approximate surface area is 121 Å². The highest BCUT2D eigenvalue weighted by Crippen LogP contribution is 2.37. The van der Waals surface area contributed by atoms with E-state index in [1.807, 2.05) is 24.3 Å². The number of likely N-dealkylation sites (tertiary alicyclic amines) is 1. The molecule has 2 aliphatic rings. The lowest BCUT2D eigenvalue weighted by Gasteiger charge is -2.17. The van der Waals surface area contributed by atoms with Gasteiger partial charge in [-0.05, 0) is 30.9 Å². The van der Waals surface area contributed by atoms with Gasteiger partial charge in [-0.2, -0.15) is 0 Å². The molecule has 1 saturated heterocycles. The largest absolute Gasteiger partial charge is 0.393 e. The molecule has 4 heteroatoms. The lowest BCUT2D eigenvalue weighted by atomic mass is 10.00. The van der Waals surface area contributed by atoms with Crippen LogP contribution in [0.2, 0.25) is 0 Å². The summed E-state index contributed by atoms with van der Waals surface area (Å²) >= 11 is 3.39. The zero-order valence-corrected chi connectivity index (χ0v) is 12.3. The minimum Gasteiger partial charge on any atom is -0.393 e. The maximum atomic E-state index is 12.2. The van der Waals surface area contributed by atoms with Gasteiger partial charge in [0.15, 0.2) is 5.78 Å². The molecular formula is C15H18BrNO2. The molecule has 1 saturated carbocycles. The molecule has 1 aromatic carbocycles. The summed E-state index contributed by atoms with van der Waals surface area (Å²) in [6, 6.07) is 7.54. The number of hydrogen-bond acceptors (Lipinski definition) is 3. The summed E-state index contributed by atoms with van der Waals surface area (Å²) in [4.78, 5) is 14.4. The molecule has 19 heavy (non-hydrogen) atoms. The van der Waals surface area contributed by atoms with Crippen LogP contribution in [-0.2, 0) is 0 Å². The van der Waals surface area contributed by atoms with E-state index >= 15 is 0 Å². The van der Waals surface area contributed by atoms with Crippen LogP contribution in [0.25, 0.3) is 0 Å². The van der Waals surface area contributed by atoms with E-state index in [2.05, 4.69) is 20.8 Å². The average molecular weight is 324 g/mol. The molecule has 0 spiro atoms. The van der Waals surface area contributed by atoms with Crippen molar-refractivity contribution < 1.29 is 9.90 Å². The van der Waals surface area contributed by atoms with Crippen LogP contribution in [0.3, 0.4) is 0 Å². The fourth-order valence-electron chi connectivity index (χ4n) is 3.41. The van der Waals surface area contributed by atoms with Gasteiger partial charge in [-0.3, -0.25) is 9.69 Å². The van der Waals surface area contributed by atoms with Crippen molar-refractivity contribution in [2.75, 3.05) is 19.6 Å². The molecule has 3 atom stereocenters. The van der Waals surface area contributed by atoms with Crippen LogP contribution in [0.4, 0.5) is 0 Å². The first kappa shape index (κ1) is 13.3. The van der Waals surface area contributed by atoms with Crippen LogP contribution in [-0.4, -0.2) is 41.5 Å². The molecule has 0 bridgehead atoms. The Balaban J connectivity index is 1.62. The average Bonchev–Trinajstić information content (AvgIpc) is 2.92. The molecule has 1 heterocycles. The Kier molecular flexibility index (Phi) is 3.74. The van der Waals surface area contributed by atoms with Gasteiger partial charge in [0, 0.05) is 29.0 Å². The number of ketones is 1. The van der Waals surface area contributed by atoms with Gasteiger partial charge in [-0.1, -0.05) is 28.1 Å². The Morgan fingerprint density at radius 1 is 1.37 bits per heavy atom. The first-order chi connectivity index (χ1) is 9.13. The summed E-state index contributed by atoms with van der Waals surface area (Å²) in [7, 11) is 0. The standard InChI is InChI=1S/C15H18BrNO2/c16-12-3-1-2-10(6-12)15(19)9-17-7-11-4-5-14(18)13(11)8-17/h1-3,6,11,13-14,18H,4-5,7-9H2. The summed E-state index contributed by atoms with van der Waals surface area (Å²) in [6.07, 6.45) is 1.88. The van der Waals surface area contributed by atoms with E-state index in [0.29, 0.717) is 18.4 Å². The van der Waals surface area contributed by atoms with Crippen LogP contribution < -0.4 is 0 Å². The second-order valence-corrected chi connectivity index (χ2v) is 6.61. The van der Waals surface area contributed by atoms with Crippen molar-refractivity contribution in [2.45, 2.75) is 18.9 Å². The summed E-state index contributed by atoms with van der Waals surface area (Å²) in [5.74, 6) is 1.14. The fraction of sp³-hybridized carbons (Fsp3) is 0.533. The predicted octanol–water partition coefficient (Wildman–Crippen LogP) is 2.33. The van der Waals surface area contributed by atoms with Crippen molar-refractivity contribution in [3.63, 3.8) is 0 Å². The topological polar surface area (TPSA) is 40.5 Å². The summed E-state index contributed by atoms with van der Waals surface area (Å²) in [5, 5.41) is 9.89. The normalized spacial score (nSPS) is 30.5. The third-order valence-electron chi connectivity index (χ3n) is 4.41. The lowest BCUT2D eigenvalue weighted by Crippen LogP contribution is -2.30. The van der Waals surface area contributed by atoms with Crippen molar-refractivity contribution in [3.8, 4) is 0 Å². The van der Waals surface area contributed by atoms with Gasteiger partial charge < -0.3 is 5.11 Å². The first-order valence-corrected chi connectivity index (χ1v) is 7.62. The maximum absolute atomic E-state index is 12.2. The van der Waals surface area contributed by atoms with Crippen molar-refractivity contribution in [1.29, 1.82) is 0 Å². The van der Waals surface area contributed by atoms with Crippen molar-refractivity contribution >= 4 is 21.7 Å². The first-order valence-electron chi connectivity index (χ1n) is 6.82. The minimum absolute atomic E-state index is 0.157. The van der Waals surface area contributed by atoms with E-state index < -0.39 is 0 Å². The number of hydrogen-bond donors (Lipinski definition) is 1. The number of Topliss-reactive ketones (excluding diaryl/α,β-unsaturated/α-hetero) is 1. The molecule has 3 unspecified atom stereocenters. The van der Waals surface area contributed by atoms with Crippen molar-refractivity contribution in [2.24, 2.45) is 11.8 Å². The lowest BCUT2D eigenvalue weighted by molar-refractivity contribution is 0.0919. The highest BCUT2D eigenvalue weighted by Gasteiger charge is 2.41. The zero-order chi connectivity index (χ0) is 13.4. The van der Waals surface area contributed by atoms with Crippen LogP contribution in [0, 0.1) is 11.8 Å². The highest BCUT2D eigenvalue weighted by molar-refractivity contribution is 9.10. The second kappa shape index (κ2) is 5.35. The number of fused-ring (bicyclic) bond motifs is 1. The molecule has 3 rings (SSSR count). The number of carbonyl (C=O) groups is 1. The predicted molar refractivity (Wildman–Crippen MR) is 77.1 cm³/mol. The molecule has 0 aromatic heterocycles. The SMILES string of the molecule is O=C(CN1CC2CCC(O)C2C1)c1cccc(Br)c1. The summed E-state index contributed by atoms with van der Waals surface area (Å²) in [5.41, 5.74) is 0.756. The monoisotopic (exact) mass is 323 g/mol. The Morgan fingerprint density at radius 2 is 2.21 bits per heavy atom. The van der Waals surface area contributed by atoms with E-state index in [1.54, 1.807) is 0 Å². The summed E-state index contributed by atoms with van der Waals surface area (Å²) in [6.45, 7) is 2.29. The van der Waals surface area contributed by atoms with Gasteiger partial charge in [0.25, 0.3) is 0 Å². The fourth-order valence-corrected chi connectivity index (χ4v) is 3.81. The molecular weight excluding hydrogens is 306 g/mol. The van der Waals surface area contributed by atoms with Gasteiger partial charge in [0.2, 0.25) is 0 Å². The number of aliphatic hydroxyl groups excluding tert-OH is 1.